The highest BCUT2D eigenvalue weighted by Crippen LogP contribution is 2.21. The molecule has 5 nitrogen and oxygen atoms in total. The molecular formula is C21H34N2O3. The zero-order valence-electron chi connectivity index (χ0n) is 17.0. The summed E-state index contributed by atoms with van der Waals surface area (Å²) in [6.07, 6.45) is 2.97. The summed E-state index contributed by atoms with van der Waals surface area (Å²) >= 11 is 0. The molecule has 0 spiro atoms. The molecule has 26 heavy (non-hydrogen) atoms. The Morgan fingerprint density at radius 1 is 1.35 bits per heavy atom. The van der Waals surface area contributed by atoms with Crippen LogP contribution in [0.5, 0.6) is 0 Å². The van der Waals surface area contributed by atoms with Crippen molar-refractivity contribution in [1.82, 2.24) is 10.6 Å². The van der Waals surface area contributed by atoms with Gasteiger partial charge >= 0.3 is 0 Å². The summed E-state index contributed by atoms with van der Waals surface area (Å²) in [5.74, 6) is 0.613. The number of benzene rings is 1. The third-order valence-corrected chi connectivity index (χ3v) is 3.87. The van der Waals surface area contributed by atoms with E-state index >= 15 is 0 Å². The van der Waals surface area contributed by atoms with Crippen LogP contribution >= 0.6 is 0 Å². The minimum Gasteiger partial charge on any atom is -0.483 e. The standard InChI is InChI=1S/C14H26N2O3.C7H8/c1-6-7-11(18-5)16-12(14(2,3)4)13(17)15-8-10-9-19-10;1-7-5-3-2-4-6-7/h7,10,12,16H,6,8-9H2,1-5H3,(H,15,17);2-6H,1H3/b11-7-;/t10-,12?;/m1./s1. The van der Waals surface area contributed by atoms with Gasteiger partial charge in [0.15, 0.2) is 5.88 Å². The van der Waals surface area contributed by atoms with Crippen LogP contribution in [0, 0.1) is 12.3 Å². The van der Waals surface area contributed by atoms with Crippen molar-refractivity contribution in [2.75, 3.05) is 20.3 Å². The van der Waals surface area contributed by atoms with E-state index in [0.717, 1.165) is 13.0 Å². The molecule has 1 heterocycles. The molecule has 5 heteroatoms. The Bertz CT molecular complexity index is 560. The van der Waals surface area contributed by atoms with Crippen LogP contribution in [0.25, 0.3) is 0 Å². The molecular weight excluding hydrogens is 328 g/mol. The van der Waals surface area contributed by atoms with Gasteiger partial charge in [-0.15, -0.1) is 0 Å². The molecule has 146 valence electrons. The van der Waals surface area contributed by atoms with Gasteiger partial charge in [0.2, 0.25) is 5.91 Å². The molecule has 1 amide bonds. The second-order valence-electron chi connectivity index (χ2n) is 7.48. The van der Waals surface area contributed by atoms with Crippen LogP contribution < -0.4 is 10.6 Å². The van der Waals surface area contributed by atoms with Crippen molar-refractivity contribution in [3.05, 3.63) is 47.9 Å². The maximum absolute atomic E-state index is 12.3. The summed E-state index contributed by atoms with van der Waals surface area (Å²) in [6.45, 7) is 11.5. The molecule has 1 aromatic rings. The van der Waals surface area contributed by atoms with E-state index in [1.54, 1.807) is 7.11 Å². The number of carbonyl (C=O) groups excluding carboxylic acids is 1. The van der Waals surface area contributed by atoms with E-state index in [2.05, 4.69) is 29.7 Å². The van der Waals surface area contributed by atoms with Gasteiger partial charge < -0.3 is 20.1 Å². The van der Waals surface area contributed by atoms with Gasteiger partial charge in [-0.2, -0.15) is 0 Å². The molecule has 0 aromatic heterocycles. The summed E-state index contributed by atoms with van der Waals surface area (Å²) in [4.78, 5) is 12.3. The van der Waals surface area contributed by atoms with E-state index in [4.69, 9.17) is 9.47 Å². The molecule has 1 aliphatic rings. The number of ether oxygens (including phenoxy) is 2. The van der Waals surface area contributed by atoms with Gasteiger partial charge in [-0.05, 0) is 24.8 Å². The molecule has 0 radical (unpaired) electrons. The Morgan fingerprint density at radius 3 is 2.35 bits per heavy atom. The van der Waals surface area contributed by atoms with Crippen LogP contribution in [0.15, 0.2) is 42.3 Å². The Hall–Kier alpha value is -2.01. The minimum atomic E-state index is -0.344. The fourth-order valence-electron chi connectivity index (χ4n) is 2.24. The van der Waals surface area contributed by atoms with Crippen LogP contribution in [0.2, 0.25) is 0 Å². The van der Waals surface area contributed by atoms with E-state index < -0.39 is 0 Å². The molecule has 0 aliphatic carbocycles. The van der Waals surface area contributed by atoms with Crippen molar-refractivity contribution in [3.8, 4) is 0 Å². The highest BCUT2D eigenvalue weighted by Gasteiger charge is 2.33. The maximum Gasteiger partial charge on any atom is 0.243 e. The van der Waals surface area contributed by atoms with Crippen molar-refractivity contribution in [2.45, 2.75) is 53.2 Å². The number of hydrogen-bond donors (Lipinski definition) is 2. The lowest BCUT2D eigenvalue weighted by Gasteiger charge is -2.31. The number of allylic oxidation sites excluding steroid dienone is 1. The fourth-order valence-corrected chi connectivity index (χ4v) is 2.24. The number of epoxide rings is 1. The lowest BCUT2D eigenvalue weighted by Crippen LogP contribution is -2.52. The quantitative estimate of drug-likeness (QED) is 0.576. The Kier molecular flexibility index (Phi) is 9.21. The largest absolute Gasteiger partial charge is 0.483 e. The molecule has 2 N–H and O–H groups in total. The second kappa shape index (κ2) is 10.9. The molecule has 2 rings (SSSR count). The molecule has 0 saturated carbocycles. The number of carbonyl (C=O) groups is 1. The SMILES string of the molecule is CC/C=C(/NC(C(=O)NC[C@@H]1CO1)C(C)(C)C)OC.Cc1ccccc1. The predicted octanol–water partition coefficient (Wildman–Crippen LogP) is 3.40. The van der Waals surface area contributed by atoms with Gasteiger partial charge in [0, 0.05) is 6.54 Å². The Balaban J connectivity index is 0.000000401. The van der Waals surface area contributed by atoms with E-state index in [0.29, 0.717) is 12.4 Å². The van der Waals surface area contributed by atoms with Crippen molar-refractivity contribution in [3.63, 3.8) is 0 Å². The van der Waals surface area contributed by atoms with Crippen LogP contribution in [-0.2, 0) is 14.3 Å². The van der Waals surface area contributed by atoms with Crippen molar-refractivity contribution >= 4 is 5.91 Å². The van der Waals surface area contributed by atoms with Gasteiger partial charge in [0.1, 0.15) is 6.04 Å². The average Bonchev–Trinajstić information content (AvgIpc) is 3.41. The van der Waals surface area contributed by atoms with Crippen LogP contribution in [0.3, 0.4) is 0 Å². The normalized spacial score (nSPS) is 17.5. The molecule has 1 fully saturated rings. The number of rotatable bonds is 7. The van der Waals surface area contributed by atoms with Gasteiger partial charge in [-0.25, -0.2) is 0 Å². The second-order valence-corrected chi connectivity index (χ2v) is 7.48. The smallest absolute Gasteiger partial charge is 0.243 e. The fraction of sp³-hybridized carbons (Fsp3) is 0.571. The van der Waals surface area contributed by atoms with E-state index in [-0.39, 0.29) is 23.5 Å². The molecule has 1 aliphatic heterocycles. The summed E-state index contributed by atoms with van der Waals surface area (Å²) in [5.41, 5.74) is 1.11. The van der Waals surface area contributed by atoms with Crippen molar-refractivity contribution < 1.29 is 14.3 Å². The first kappa shape index (κ1) is 22.0. The predicted molar refractivity (Wildman–Crippen MR) is 106 cm³/mol. The third kappa shape index (κ3) is 8.90. The van der Waals surface area contributed by atoms with Gasteiger partial charge in [0.25, 0.3) is 0 Å². The number of aryl methyl sites for hydroxylation is 1. The number of hydrogen-bond acceptors (Lipinski definition) is 4. The summed E-state index contributed by atoms with van der Waals surface area (Å²) < 4.78 is 10.3. The zero-order valence-corrected chi connectivity index (χ0v) is 17.0. The van der Waals surface area contributed by atoms with Crippen LogP contribution in [0.1, 0.15) is 39.7 Å². The van der Waals surface area contributed by atoms with E-state index in [9.17, 15) is 4.79 Å². The van der Waals surface area contributed by atoms with Gasteiger partial charge in [-0.3, -0.25) is 4.79 Å². The van der Waals surface area contributed by atoms with E-state index in [1.807, 2.05) is 52.0 Å². The lowest BCUT2D eigenvalue weighted by molar-refractivity contribution is -0.125. The molecule has 2 atom stereocenters. The van der Waals surface area contributed by atoms with Crippen LogP contribution in [-0.4, -0.2) is 38.3 Å². The highest BCUT2D eigenvalue weighted by atomic mass is 16.6. The first-order valence-corrected chi connectivity index (χ1v) is 9.19. The first-order chi connectivity index (χ1) is 12.3. The maximum atomic E-state index is 12.3. The number of nitrogens with one attached hydrogen (secondary N) is 2. The Morgan fingerprint density at radius 2 is 1.96 bits per heavy atom. The number of amides is 1. The number of methoxy groups -OCH3 is 1. The third-order valence-electron chi connectivity index (χ3n) is 3.87. The highest BCUT2D eigenvalue weighted by molar-refractivity contribution is 5.82. The summed E-state index contributed by atoms with van der Waals surface area (Å²) in [5, 5.41) is 6.09. The molecule has 0 bridgehead atoms. The van der Waals surface area contributed by atoms with Crippen molar-refractivity contribution in [2.24, 2.45) is 5.41 Å². The minimum absolute atomic E-state index is 0.0259. The Labute approximate surface area is 158 Å². The van der Waals surface area contributed by atoms with E-state index in [1.165, 1.54) is 5.56 Å². The first-order valence-electron chi connectivity index (χ1n) is 9.19. The van der Waals surface area contributed by atoms with Crippen molar-refractivity contribution in [1.29, 1.82) is 0 Å². The monoisotopic (exact) mass is 362 g/mol. The molecule has 1 aromatic carbocycles. The molecule has 1 unspecified atom stereocenters. The zero-order chi connectivity index (χ0) is 19.6. The lowest BCUT2D eigenvalue weighted by atomic mass is 9.86. The van der Waals surface area contributed by atoms with Crippen LogP contribution in [0.4, 0.5) is 0 Å². The van der Waals surface area contributed by atoms with Gasteiger partial charge in [0.05, 0.1) is 19.8 Å². The average molecular weight is 363 g/mol. The summed E-state index contributed by atoms with van der Waals surface area (Å²) in [7, 11) is 1.60. The molecule has 1 saturated heterocycles. The topological polar surface area (TPSA) is 62.9 Å². The van der Waals surface area contributed by atoms with Gasteiger partial charge in [-0.1, -0.05) is 63.6 Å². The summed E-state index contributed by atoms with van der Waals surface area (Å²) in [6, 6.07) is 9.92.